The molecule has 1 aliphatic rings. The molecule has 12 heteroatoms. The van der Waals surface area contributed by atoms with Crippen molar-refractivity contribution in [3.05, 3.63) is 34.4 Å². The molecule has 3 nitrogen and oxygen atoms in total. The van der Waals surface area contributed by atoms with Crippen molar-refractivity contribution in [2.75, 3.05) is 6.54 Å². The van der Waals surface area contributed by atoms with Crippen molar-refractivity contribution in [3.63, 3.8) is 0 Å². The van der Waals surface area contributed by atoms with Gasteiger partial charge in [-0.2, -0.15) is 39.5 Å². The monoisotopic (exact) mass is 421 g/mol. The highest BCUT2D eigenvalue weighted by atomic mass is 19.4. The number of ketones is 2. The molecule has 1 atom stereocenters. The Morgan fingerprint density at radius 3 is 1.96 bits per heavy atom. The number of halogens is 9. The Morgan fingerprint density at radius 1 is 0.929 bits per heavy atom. The van der Waals surface area contributed by atoms with Crippen molar-refractivity contribution in [2.24, 2.45) is 0 Å². The fourth-order valence-corrected chi connectivity index (χ4v) is 2.97. The van der Waals surface area contributed by atoms with Crippen LogP contribution in [-0.4, -0.2) is 24.2 Å². The third-order valence-corrected chi connectivity index (χ3v) is 4.14. The van der Waals surface area contributed by atoms with Gasteiger partial charge in [-0.05, 0) is 11.6 Å². The number of alkyl halides is 9. The van der Waals surface area contributed by atoms with Crippen molar-refractivity contribution in [1.29, 1.82) is 0 Å². The van der Waals surface area contributed by atoms with Crippen LogP contribution in [0.1, 0.15) is 35.1 Å². The molecule has 0 bridgehead atoms. The van der Waals surface area contributed by atoms with E-state index >= 15 is 0 Å². The first-order chi connectivity index (χ1) is 12.6. The first-order valence-corrected chi connectivity index (χ1v) is 7.77. The minimum Gasteiger partial charge on any atom is -0.307 e. The van der Waals surface area contributed by atoms with E-state index in [9.17, 15) is 49.1 Å². The number of benzene rings is 1. The Kier molecular flexibility index (Phi) is 5.84. The number of Topliss-reactive ketones (excluding diaryl/α,β-unsaturated/α-hetero) is 2. The minimum atomic E-state index is -5.96. The van der Waals surface area contributed by atoms with Gasteiger partial charge in [-0.25, -0.2) is 0 Å². The maximum absolute atomic E-state index is 13.3. The van der Waals surface area contributed by atoms with Crippen molar-refractivity contribution < 1.29 is 49.1 Å². The van der Waals surface area contributed by atoms with E-state index in [2.05, 4.69) is 5.32 Å². The second-order valence-electron chi connectivity index (χ2n) is 6.16. The standard InChI is InChI=1S/C16H12F9NO2/c17-14(18,19)9-2-1-7(5-11(28)10-6-8(27)3-4-26-10)12(15(20,21)22)13(9)16(23,24)25/h1-2,10,26H,3-6H2. The summed E-state index contributed by atoms with van der Waals surface area (Å²) < 4.78 is 118. The molecule has 1 aliphatic heterocycles. The van der Waals surface area contributed by atoms with Crippen LogP contribution in [0.25, 0.3) is 0 Å². The predicted octanol–water partition coefficient (Wildman–Crippen LogP) is 4.18. The Hall–Kier alpha value is -2.11. The fraction of sp³-hybridized carbons (Fsp3) is 0.500. The normalized spacial score (nSPS) is 19.0. The molecule has 0 radical (unpaired) electrons. The molecule has 0 aliphatic carbocycles. The second kappa shape index (κ2) is 7.37. The van der Waals surface area contributed by atoms with Gasteiger partial charge in [0.25, 0.3) is 0 Å². The SMILES string of the molecule is O=C1CCNC(C(=O)Cc2ccc(C(F)(F)F)c(C(F)(F)F)c2C(F)(F)F)C1. The molecular weight excluding hydrogens is 409 g/mol. The van der Waals surface area contributed by atoms with E-state index in [-0.39, 0.29) is 37.3 Å². The highest BCUT2D eigenvalue weighted by Gasteiger charge is 2.51. The third-order valence-electron chi connectivity index (χ3n) is 4.14. The zero-order valence-electron chi connectivity index (χ0n) is 13.8. The van der Waals surface area contributed by atoms with Gasteiger partial charge in [0.1, 0.15) is 5.78 Å². The molecule has 1 fully saturated rings. The van der Waals surface area contributed by atoms with Gasteiger partial charge in [-0.3, -0.25) is 9.59 Å². The van der Waals surface area contributed by atoms with E-state index in [0.717, 1.165) is 0 Å². The summed E-state index contributed by atoms with van der Waals surface area (Å²) in [6.45, 7) is 0.0577. The van der Waals surface area contributed by atoms with E-state index in [1.165, 1.54) is 0 Å². The van der Waals surface area contributed by atoms with Crippen molar-refractivity contribution in [3.8, 4) is 0 Å². The number of hydrogen-bond acceptors (Lipinski definition) is 3. The molecular formula is C16H12F9NO2. The average Bonchev–Trinajstić information content (AvgIpc) is 2.51. The average molecular weight is 421 g/mol. The quantitative estimate of drug-likeness (QED) is 0.746. The van der Waals surface area contributed by atoms with Gasteiger partial charge in [-0.1, -0.05) is 6.07 Å². The first-order valence-electron chi connectivity index (χ1n) is 7.77. The van der Waals surface area contributed by atoms with Gasteiger partial charge in [0.15, 0.2) is 5.78 Å². The molecule has 1 saturated heterocycles. The van der Waals surface area contributed by atoms with Crippen LogP contribution < -0.4 is 5.32 Å². The molecule has 1 aromatic rings. The smallest absolute Gasteiger partial charge is 0.307 e. The van der Waals surface area contributed by atoms with E-state index in [4.69, 9.17) is 0 Å². The number of carbonyl (C=O) groups is 2. The summed E-state index contributed by atoms with van der Waals surface area (Å²) in [4.78, 5) is 23.5. The molecule has 0 amide bonds. The molecule has 156 valence electrons. The Bertz CT molecular complexity index is 778. The van der Waals surface area contributed by atoms with Gasteiger partial charge in [0, 0.05) is 25.8 Å². The van der Waals surface area contributed by atoms with Crippen LogP contribution in [0, 0.1) is 0 Å². The number of piperidine rings is 1. The van der Waals surface area contributed by atoms with Crippen LogP contribution in [0.4, 0.5) is 39.5 Å². The van der Waals surface area contributed by atoms with Gasteiger partial charge in [-0.15, -0.1) is 0 Å². The lowest BCUT2D eigenvalue weighted by atomic mass is 9.89. The van der Waals surface area contributed by atoms with E-state index in [1.807, 2.05) is 0 Å². The molecule has 2 rings (SSSR count). The lowest BCUT2D eigenvalue weighted by Gasteiger charge is -2.25. The second-order valence-corrected chi connectivity index (χ2v) is 6.16. The highest BCUT2D eigenvalue weighted by molar-refractivity contribution is 5.92. The zero-order valence-corrected chi connectivity index (χ0v) is 13.8. The van der Waals surface area contributed by atoms with Gasteiger partial charge < -0.3 is 5.32 Å². The minimum absolute atomic E-state index is 0.0577. The molecule has 1 aromatic carbocycles. The summed E-state index contributed by atoms with van der Waals surface area (Å²) in [5, 5.41) is 2.55. The molecule has 0 saturated carbocycles. The summed E-state index contributed by atoms with van der Waals surface area (Å²) in [5.41, 5.74) is -9.16. The zero-order chi connectivity index (χ0) is 21.5. The third kappa shape index (κ3) is 4.83. The Labute approximate surface area is 151 Å². The summed E-state index contributed by atoms with van der Waals surface area (Å²) in [6.07, 6.45) is -18.9. The van der Waals surface area contributed by atoms with Crippen molar-refractivity contribution in [2.45, 2.75) is 43.8 Å². The lowest BCUT2D eigenvalue weighted by molar-refractivity contribution is -0.175. The largest absolute Gasteiger partial charge is 0.417 e. The number of hydrogen-bond donors (Lipinski definition) is 1. The number of carbonyl (C=O) groups excluding carboxylic acids is 2. The van der Waals surface area contributed by atoms with Crippen LogP contribution in [-0.2, 0) is 34.5 Å². The van der Waals surface area contributed by atoms with Gasteiger partial charge in [0.2, 0.25) is 0 Å². The van der Waals surface area contributed by atoms with E-state index in [1.54, 1.807) is 0 Å². The summed E-state index contributed by atoms with van der Waals surface area (Å²) >= 11 is 0. The summed E-state index contributed by atoms with van der Waals surface area (Å²) in [7, 11) is 0. The van der Waals surface area contributed by atoms with E-state index in [0.29, 0.717) is 0 Å². The Morgan fingerprint density at radius 2 is 1.50 bits per heavy atom. The van der Waals surface area contributed by atoms with Crippen LogP contribution >= 0.6 is 0 Å². The predicted molar refractivity (Wildman–Crippen MR) is 76.2 cm³/mol. The summed E-state index contributed by atoms with van der Waals surface area (Å²) in [6, 6.07) is -1.12. The topological polar surface area (TPSA) is 46.2 Å². The Balaban J connectivity index is 2.59. The molecule has 1 N–H and O–H groups in total. The highest BCUT2D eigenvalue weighted by Crippen LogP contribution is 2.48. The first kappa shape index (κ1) is 22.2. The molecule has 1 heterocycles. The van der Waals surface area contributed by atoms with Gasteiger partial charge in [0.05, 0.1) is 22.7 Å². The van der Waals surface area contributed by atoms with Crippen molar-refractivity contribution in [1.82, 2.24) is 5.32 Å². The number of nitrogens with one attached hydrogen (secondary N) is 1. The van der Waals surface area contributed by atoms with E-state index < -0.39 is 59.0 Å². The maximum Gasteiger partial charge on any atom is 0.417 e. The van der Waals surface area contributed by atoms with Crippen LogP contribution in [0.5, 0.6) is 0 Å². The van der Waals surface area contributed by atoms with Crippen LogP contribution in [0.15, 0.2) is 12.1 Å². The molecule has 0 spiro atoms. The molecule has 28 heavy (non-hydrogen) atoms. The maximum atomic E-state index is 13.3. The molecule has 0 aromatic heterocycles. The molecule has 1 unspecified atom stereocenters. The van der Waals surface area contributed by atoms with Crippen LogP contribution in [0.3, 0.4) is 0 Å². The number of rotatable bonds is 3. The lowest BCUT2D eigenvalue weighted by Crippen LogP contribution is -2.44. The van der Waals surface area contributed by atoms with Crippen molar-refractivity contribution >= 4 is 11.6 Å². The van der Waals surface area contributed by atoms with Crippen LogP contribution in [0.2, 0.25) is 0 Å². The summed E-state index contributed by atoms with van der Waals surface area (Å²) in [5.74, 6) is -1.39. The van der Waals surface area contributed by atoms with Gasteiger partial charge >= 0.3 is 18.5 Å². The fourth-order valence-electron chi connectivity index (χ4n) is 2.97.